The predicted molar refractivity (Wildman–Crippen MR) is 87.0 cm³/mol. The average Bonchev–Trinajstić information content (AvgIpc) is 3.01. The van der Waals surface area contributed by atoms with Crippen LogP contribution >= 0.6 is 11.3 Å². The lowest BCUT2D eigenvalue weighted by atomic mass is 9.79. The Kier molecular flexibility index (Phi) is 4.47. The van der Waals surface area contributed by atoms with E-state index in [9.17, 15) is 13.2 Å². The lowest BCUT2D eigenvalue weighted by Crippen LogP contribution is -2.66. The van der Waals surface area contributed by atoms with Crippen molar-refractivity contribution < 1.29 is 17.9 Å². The molecule has 3 heterocycles. The van der Waals surface area contributed by atoms with Crippen LogP contribution in [0.4, 0.5) is 0 Å². The van der Waals surface area contributed by atoms with E-state index in [1.165, 1.54) is 11.3 Å². The molecule has 2 saturated heterocycles. The lowest BCUT2D eigenvalue weighted by Gasteiger charge is -2.50. The van der Waals surface area contributed by atoms with Gasteiger partial charge in [-0.1, -0.05) is 0 Å². The Morgan fingerprint density at radius 1 is 1.57 bits per heavy atom. The standard InChI is InChI=1S/C14H21N3O4S2/c1-10-16-12(7-22-10)13(18)17-8-14(9-17)11(4-6-21-14)3-5-15-23(2,19)20/h7,11,15H,3-6,8-9H2,1-2H3. The number of rotatable bonds is 5. The summed E-state index contributed by atoms with van der Waals surface area (Å²) >= 11 is 1.47. The lowest BCUT2D eigenvalue weighted by molar-refractivity contribution is -0.117. The molecule has 128 valence electrons. The van der Waals surface area contributed by atoms with Crippen molar-refractivity contribution in [1.82, 2.24) is 14.6 Å². The summed E-state index contributed by atoms with van der Waals surface area (Å²) in [6.07, 6.45) is 2.79. The summed E-state index contributed by atoms with van der Waals surface area (Å²) in [6.45, 7) is 4.08. The van der Waals surface area contributed by atoms with Gasteiger partial charge in [0.05, 0.1) is 24.4 Å². The number of carbonyl (C=O) groups excluding carboxylic acids is 1. The van der Waals surface area contributed by atoms with Crippen LogP contribution < -0.4 is 4.72 Å². The van der Waals surface area contributed by atoms with Gasteiger partial charge in [-0.15, -0.1) is 11.3 Å². The third-order valence-corrected chi connectivity index (χ3v) is 6.00. The quantitative estimate of drug-likeness (QED) is 0.833. The van der Waals surface area contributed by atoms with Gasteiger partial charge in [0.1, 0.15) is 11.3 Å². The van der Waals surface area contributed by atoms with Crippen LogP contribution in [0.1, 0.15) is 28.3 Å². The molecule has 0 radical (unpaired) electrons. The van der Waals surface area contributed by atoms with Crippen LogP contribution in [0, 0.1) is 12.8 Å². The van der Waals surface area contributed by atoms with Gasteiger partial charge in [0.2, 0.25) is 10.0 Å². The minimum atomic E-state index is -3.16. The van der Waals surface area contributed by atoms with Gasteiger partial charge in [-0.2, -0.15) is 0 Å². The van der Waals surface area contributed by atoms with Crippen LogP contribution in [0.3, 0.4) is 0 Å². The first-order valence-electron chi connectivity index (χ1n) is 7.59. The number of nitrogens with one attached hydrogen (secondary N) is 1. The fourth-order valence-corrected chi connectivity index (χ4v) is 4.40. The molecule has 1 amide bonds. The van der Waals surface area contributed by atoms with Gasteiger partial charge in [-0.3, -0.25) is 4.79 Å². The SMILES string of the molecule is Cc1nc(C(=O)N2CC3(C2)OCCC3CCNS(C)(=O)=O)cs1. The molecule has 0 saturated carbocycles. The van der Waals surface area contributed by atoms with Crippen molar-refractivity contribution in [2.45, 2.75) is 25.4 Å². The van der Waals surface area contributed by atoms with E-state index < -0.39 is 10.0 Å². The van der Waals surface area contributed by atoms with E-state index in [0.29, 0.717) is 31.9 Å². The van der Waals surface area contributed by atoms with E-state index in [2.05, 4.69) is 9.71 Å². The van der Waals surface area contributed by atoms with E-state index in [0.717, 1.165) is 24.1 Å². The van der Waals surface area contributed by atoms with E-state index in [1.807, 2.05) is 6.92 Å². The van der Waals surface area contributed by atoms with Gasteiger partial charge in [-0.25, -0.2) is 18.1 Å². The number of nitrogens with zero attached hydrogens (tertiary/aromatic N) is 2. The summed E-state index contributed by atoms with van der Waals surface area (Å²) in [7, 11) is -3.16. The summed E-state index contributed by atoms with van der Waals surface area (Å²) in [6, 6.07) is 0. The van der Waals surface area contributed by atoms with Crippen LogP contribution in [-0.2, 0) is 14.8 Å². The summed E-state index contributed by atoms with van der Waals surface area (Å²) in [5, 5.41) is 2.66. The summed E-state index contributed by atoms with van der Waals surface area (Å²) < 4.78 is 30.7. The number of ether oxygens (including phenoxy) is 1. The van der Waals surface area contributed by atoms with Gasteiger partial charge in [0.25, 0.3) is 5.91 Å². The smallest absolute Gasteiger partial charge is 0.273 e. The summed E-state index contributed by atoms with van der Waals surface area (Å²) in [5.41, 5.74) is 0.190. The van der Waals surface area contributed by atoms with E-state index in [-0.39, 0.29) is 17.4 Å². The first kappa shape index (κ1) is 16.8. The predicted octanol–water partition coefficient (Wildman–Crippen LogP) is 0.622. The van der Waals surface area contributed by atoms with Crippen molar-refractivity contribution in [3.05, 3.63) is 16.1 Å². The largest absolute Gasteiger partial charge is 0.371 e. The average molecular weight is 359 g/mol. The van der Waals surface area contributed by atoms with Crippen LogP contribution in [0.5, 0.6) is 0 Å². The Hall–Kier alpha value is -1.03. The number of aromatic nitrogens is 1. The maximum atomic E-state index is 12.4. The molecule has 0 aliphatic carbocycles. The number of hydrogen-bond acceptors (Lipinski definition) is 6. The highest BCUT2D eigenvalue weighted by atomic mass is 32.2. The van der Waals surface area contributed by atoms with Crippen LogP contribution in [0.15, 0.2) is 5.38 Å². The highest BCUT2D eigenvalue weighted by Gasteiger charge is 2.54. The fraction of sp³-hybridized carbons (Fsp3) is 0.714. The second-order valence-corrected chi connectivity index (χ2v) is 9.16. The monoisotopic (exact) mass is 359 g/mol. The van der Waals surface area contributed by atoms with E-state index in [1.54, 1.807) is 10.3 Å². The normalized spacial score (nSPS) is 23.2. The van der Waals surface area contributed by atoms with Crippen LogP contribution in [-0.4, -0.2) is 62.3 Å². The molecule has 1 unspecified atom stereocenters. The van der Waals surface area contributed by atoms with Gasteiger partial charge < -0.3 is 9.64 Å². The Labute approximate surface area is 140 Å². The molecule has 0 bridgehead atoms. The zero-order valence-electron chi connectivity index (χ0n) is 13.2. The first-order valence-corrected chi connectivity index (χ1v) is 10.4. The van der Waals surface area contributed by atoms with Crippen molar-refractivity contribution in [2.75, 3.05) is 32.5 Å². The Balaban J connectivity index is 1.56. The molecule has 3 rings (SSSR count). The van der Waals surface area contributed by atoms with E-state index in [4.69, 9.17) is 4.74 Å². The molecule has 1 atom stereocenters. The second kappa shape index (κ2) is 6.12. The molecule has 7 nitrogen and oxygen atoms in total. The molecule has 1 aromatic heterocycles. The van der Waals surface area contributed by atoms with Crippen molar-refractivity contribution in [2.24, 2.45) is 5.92 Å². The summed E-state index contributed by atoms with van der Waals surface area (Å²) in [5.74, 6) is 0.224. The first-order chi connectivity index (χ1) is 10.8. The molecular weight excluding hydrogens is 338 g/mol. The third kappa shape index (κ3) is 3.57. The molecule has 2 aliphatic heterocycles. The number of sulfonamides is 1. The highest BCUT2D eigenvalue weighted by Crippen LogP contribution is 2.42. The molecule has 1 spiro atoms. The molecule has 1 N–H and O–H groups in total. The molecule has 0 aromatic carbocycles. The molecule has 23 heavy (non-hydrogen) atoms. The van der Waals surface area contributed by atoms with Crippen molar-refractivity contribution in [3.8, 4) is 0 Å². The van der Waals surface area contributed by atoms with Gasteiger partial charge in [-0.05, 0) is 25.7 Å². The molecule has 9 heteroatoms. The number of hydrogen-bond donors (Lipinski definition) is 1. The molecule has 2 fully saturated rings. The van der Waals surface area contributed by atoms with Gasteiger partial charge in [0, 0.05) is 18.5 Å². The number of likely N-dealkylation sites (tertiary alicyclic amines) is 1. The molecular formula is C14H21N3O4S2. The number of carbonyl (C=O) groups is 1. The number of aryl methyl sites for hydroxylation is 1. The molecule has 1 aromatic rings. The molecule has 2 aliphatic rings. The Morgan fingerprint density at radius 2 is 2.30 bits per heavy atom. The zero-order chi connectivity index (χ0) is 16.7. The minimum absolute atomic E-state index is 0.0523. The number of thiazole rings is 1. The second-order valence-electron chi connectivity index (χ2n) is 6.27. The van der Waals surface area contributed by atoms with Crippen molar-refractivity contribution in [3.63, 3.8) is 0 Å². The minimum Gasteiger partial charge on any atom is -0.371 e. The van der Waals surface area contributed by atoms with Crippen molar-refractivity contribution in [1.29, 1.82) is 0 Å². The van der Waals surface area contributed by atoms with Gasteiger partial charge >= 0.3 is 0 Å². The van der Waals surface area contributed by atoms with Crippen LogP contribution in [0.2, 0.25) is 0 Å². The van der Waals surface area contributed by atoms with E-state index >= 15 is 0 Å². The van der Waals surface area contributed by atoms with Gasteiger partial charge in [0.15, 0.2) is 0 Å². The Morgan fingerprint density at radius 3 is 2.91 bits per heavy atom. The topological polar surface area (TPSA) is 88.6 Å². The van der Waals surface area contributed by atoms with Crippen molar-refractivity contribution >= 4 is 27.3 Å². The summed E-state index contributed by atoms with van der Waals surface area (Å²) in [4.78, 5) is 18.4. The Bertz CT molecular complexity index is 695. The van der Waals surface area contributed by atoms with Crippen LogP contribution in [0.25, 0.3) is 0 Å². The maximum absolute atomic E-state index is 12.4. The highest BCUT2D eigenvalue weighted by molar-refractivity contribution is 7.88. The zero-order valence-corrected chi connectivity index (χ0v) is 14.9. The fourth-order valence-electron chi connectivity index (χ4n) is 3.33. The number of amides is 1. The maximum Gasteiger partial charge on any atom is 0.273 e. The third-order valence-electron chi connectivity index (χ3n) is 4.50.